The molecule has 4 nitrogen and oxygen atoms in total. The summed E-state index contributed by atoms with van der Waals surface area (Å²) >= 11 is 11.8. The summed E-state index contributed by atoms with van der Waals surface area (Å²) in [6, 6.07) is 4.76. The molecule has 2 rings (SSSR count). The van der Waals surface area contributed by atoms with Gasteiger partial charge in [0, 0.05) is 15.7 Å². The number of anilines is 1. The number of rotatable bonds is 4. The van der Waals surface area contributed by atoms with Gasteiger partial charge in [-0.05, 0) is 62.1 Å². The summed E-state index contributed by atoms with van der Waals surface area (Å²) in [6.45, 7) is 8.29. The molecular weight excluding hydrogens is 373 g/mol. The van der Waals surface area contributed by atoms with Crippen molar-refractivity contribution in [1.82, 2.24) is 0 Å². The Kier molecular flexibility index (Phi) is 6.98. The van der Waals surface area contributed by atoms with E-state index in [4.69, 9.17) is 27.9 Å². The van der Waals surface area contributed by atoms with Crippen LogP contribution in [0.2, 0.25) is 10.0 Å². The van der Waals surface area contributed by atoms with Crippen LogP contribution in [0.25, 0.3) is 0 Å². The van der Waals surface area contributed by atoms with Crippen molar-refractivity contribution in [3.05, 3.63) is 28.2 Å². The quantitative estimate of drug-likeness (QED) is 0.658. The maximum absolute atomic E-state index is 12.4. The molecule has 1 unspecified atom stereocenters. The SMILES string of the molecule is CC(OC(=O)C1CCC(C(C)(C)C)CC1)C(=O)Nc1cc(Cl)cc(Cl)c1. The lowest BCUT2D eigenvalue weighted by atomic mass is 9.70. The average Bonchev–Trinajstić information content (AvgIpc) is 2.53. The summed E-state index contributed by atoms with van der Waals surface area (Å²) in [4.78, 5) is 24.6. The van der Waals surface area contributed by atoms with Gasteiger partial charge in [0.05, 0.1) is 5.92 Å². The third kappa shape index (κ3) is 5.88. The third-order valence-electron chi connectivity index (χ3n) is 5.08. The zero-order valence-electron chi connectivity index (χ0n) is 15.8. The summed E-state index contributed by atoms with van der Waals surface area (Å²) in [7, 11) is 0. The lowest BCUT2D eigenvalue weighted by Gasteiger charge is -2.36. The Morgan fingerprint density at radius 3 is 2.12 bits per heavy atom. The molecule has 144 valence electrons. The van der Waals surface area contributed by atoms with Crippen molar-refractivity contribution in [1.29, 1.82) is 0 Å². The molecule has 1 aromatic rings. The van der Waals surface area contributed by atoms with Gasteiger partial charge in [-0.15, -0.1) is 0 Å². The molecular formula is C20H27Cl2NO3. The van der Waals surface area contributed by atoms with Crippen molar-refractivity contribution < 1.29 is 14.3 Å². The average molecular weight is 400 g/mol. The van der Waals surface area contributed by atoms with Crippen LogP contribution < -0.4 is 5.32 Å². The molecule has 0 heterocycles. The second kappa shape index (κ2) is 8.62. The first kappa shape index (κ1) is 21.0. The van der Waals surface area contributed by atoms with Crippen LogP contribution in [0, 0.1) is 17.3 Å². The van der Waals surface area contributed by atoms with Crippen LogP contribution in [-0.4, -0.2) is 18.0 Å². The molecule has 1 amide bonds. The Bertz CT molecular complexity index is 641. The fraction of sp³-hybridized carbons (Fsp3) is 0.600. The Labute approximate surface area is 165 Å². The van der Waals surface area contributed by atoms with Crippen molar-refractivity contribution in [2.45, 2.75) is 59.5 Å². The van der Waals surface area contributed by atoms with E-state index in [2.05, 4.69) is 26.1 Å². The standard InChI is InChI=1S/C20H27Cl2NO3/c1-12(18(24)23-17-10-15(21)9-16(22)11-17)26-19(25)13-5-7-14(8-6-13)20(2,3)4/h9-14H,5-8H2,1-4H3,(H,23,24). The molecule has 0 aliphatic heterocycles. The summed E-state index contributed by atoms with van der Waals surface area (Å²) in [5, 5.41) is 3.52. The minimum atomic E-state index is -0.874. The molecule has 1 aliphatic rings. The van der Waals surface area contributed by atoms with Crippen molar-refractivity contribution >= 4 is 40.8 Å². The minimum Gasteiger partial charge on any atom is -0.452 e. The number of nitrogens with one attached hydrogen (secondary N) is 1. The second-order valence-electron chi connectivity index (χ2n) is 8.14. The van der Waals surface area contributed by atoms with E-state index < -0.39 is 12.0 Å². The molecule has 0 aromatic heterocycles. The molecule has 1 fully saturated rings. The first-order chi connectivity index (χ1) is 12.1. The second-order valence-corrected chi connectivity index (χ2v) is 9.01. The number of carbonyl (C=O) groups excluding carboxylic acids is 2. The van der Waals surface area contributed by atoms with E-state index in [1.54, 1.807) is 25.1 Å². The Morgan fingerprint density at radius 2 is 1.62 bits per heavy atom. The molecule has 0 spiro atoms. The number of carbonyl (C=O) groups is 2. The fourth-order valence-electron chi connectivity index (χ4n) is 3.39. The van der Waals surface area contributed by atoms with E-state index in [1.165, 1.54) is 0 Å². The lowest BCUT2D eigenvalue weighted by Crippen LogP contribution is -2.34. The van der Waals surface area contributed by atoms with Crippen molar-refractivity contribution in [2.75, 3.05) is 5.32 Å². The number of amides is 1. The van der Waals surface area contributed by atoms with Gasteiger partial charge in [-0.2, -0.15) is 0 Å². The maximum Gasteiger partial charge on any atom is 0.309 e. The third-order valence-corrected chi connectivity index (χ3v) is 5.51. The minimum absolute atomic E-state index is 0.121. The largest absolute Gasteiger partial charge is 0.452 e. The van der Waals surface area contributed by atoms with Crippen molar-refractivity contribution in [3.8, 4) is 0 Å². The highest BCUT2D eigenvalue weighted by molar-refractivity contribution is 6.35. The van der Waals surface area contributed by atoms with E-state index in [0.717, 1.165) is 25.7 Å². The van der Waals surface area contributed by atoms with Gasteiger partial charge in [-0.25, -0.2) is 0 Å². The van der Waals surface area contributed by atoms with Gasteiger partial charge >= 0.3 is 5.97 Å². The molecule has 1 aromatic carbocycles. The van der Waals surface area contributed by atoms with Gasteiger partial charge in [-0.3, -0.25) is 9.59 Å². The van der Waals surface area contributed by atoms with Crippen LogP contribution in [0.15, 0.2) is 18.2 Å². The lowest BCUT2D eigenvalue weighted by molar-refractivity contribution is -0.158. The summed E-state index contributed by atoms with van der Waals surface area (Å²) < 4.78 is 5.39. The Balaban J connectivity index is 1.86. The number of halogens is 2. The number of esters is 1. The highest BCUT2D eigenvalue weighted by Crippen LogP contribution is 2.40. The van der Waals surface area contributed by atoms with E-state index in [0.29, 0.717) is 21.7 Å². The molecule has 1 saturated carbocycles. The molecule has 6 heteroatoms. The molecule has 0 bridgehead atoms. The van der Waals surface area contributed by atoms with Crippen LogP contribution in [0.3, 0.4) is 0 Å². The molecule has 1 atom stereocenters. The first-order valence-electron chi connectivity index (χ1n) is 9.03. The van der Waals surface area contributed by atoms with E-state index >= 15 is 0 Å². The molecule has 0 radical (unpaired) electrons. The predicted octanol–water partition coefficient (Wildman–Crippen LogP) is 5.72. The maximum atomic E-state index is 12.4. The van der Waals surface area contributed by atoms with Gasteiger partial charge in [0.2, 0.25) is 0 Å². The zero-order valence-corrected chi connectivity index (χ0v) is 17.3. The van der Waals surface area contributed by atoms with Crippen molar-refractivity contribution in [3.63, 3.8) is 0 Å². The molecule has 1 aliphatic carbocycles. The highest BCUT2D eigenvalue weighted by Gasteiger charge is 2.34. The van der Waals surface area contributed by atoms with Gasteiger partial charge in [0.15, 0.2) is 6.10 Å². The Morgan fingerprint density at radius 1 is 1.08 bits per heavy atom. The number of hydrogen-bond acceptors (Lipinski definition) is 3. The number of benzene rings is 1. The summed E-state index contributed by atoms with van der Waals surface area (Å²) in [5.74, 6) is -0.187. The van der Waals surface area contributed by atoms with E-state index in [1.807, 2.05) is 0 Å². The van der Waals surface area contributed by atoms with Gasteiger partial charge in [0.25, 0.3) is 5.91 Å². The van der Waals surface area contributed by atoms with Crippen LogP contribution in [0.4, 0.5) is 5.69 Å². The first-order valence-corrected chi connectivity index (χ1v) is 9.79. The normalized spacial score (nSPS) is 21.8. The van der Waals surface area contributed by atoms with Crippen LogP contribution >= 0.6 is 23.2 Å². The summed E-state index contributed by atoms with van der Waals surface area (Å²) in [5.41, 5.74) is 0.737. The van der Waals surface area contributed by atoms with Crippen LogP contribution in [-0.2, 0) is 14.3 Å². The topological polar surface area (TPSA) is 55.4 Å². The fourth-order valence-corrected chi connectivity index (χ4v) is 3.92. The molecule has 0 saturated heterocycles. The molecule has 26 heavy (non-hydrogen) atoms. The van der Waals surface area contributed by atoms with Gasteiger partial charge in [0.1, 0.15) is 0 Å². The smallest absolute Gasteiger partial charge is 0.309 e. The highest BCUT2D eigenvalue weighted by atomic mass is 35.5. The summed E-state index contributed by atoms with van der Waals surface area (Å²) in [6.07, 6.45) is 2.80. The van der Waals surface area contributed by atoms with E-state index in [9.17, 15) is 9.59 Å². The predicted molar refractivity (Wildman–Crippen MR) is 106 cm³/mol. The number of hydrogen-bond donors (Lipinski definition) is 1. The van der Waals surface area contributed by atoms with Crippen LogP contribution in [0.5, 0.6) is 0 Å². The number of ether oxygens (including phenoxy) is 1. The van der Waals surface area contributed by atoms with Crippen molar-refractivity contribution in [2.24, 2.45) is 17.3 Å². The monoisotopic (exact) mass is 399 g/mol. The Hall–Kier alpha value is -1.26. The van der Waals surface area contributed by atoms with Crippen LogP contribution in [0.1, 0.15) is 53.4 Å². The zero-order chi connectivity index (χ0) is 19.5. The molecule has 1 N–H and O–H groups in total. The van der Waals surface area contributed by atoms with E-state index in [-0.39, 0.29) is 17.3 Å². The van der Waals surface area contributed by atoms with Gasteiger partial charge < -0.3 is 10.1 Å². The van der Waals surface area contributed by atoms with Gasteiger partial charge in [-0.1, -0.05) is 44.0 Å².